The predicted molar refractivity (Wildman–Crippen MR) is 94.4 cm³/mol. The van der Waals surface area contributed by atoms with Crippen LogP contribution in [0.15, 0.2) is 42.5 Å². The van der Waals surface area contributed by atoms with E-state index in [9.17, 15) is 13.6 Å². The Hall–Kier alpha value is -1.98. The standard InChI is InChI=1S/C19H19ClF2N2O/c20-15-5-3-13(4-6-15)11-24-9-1-2-14(12-24)19(25)23-18-8-7-16(21)10-17(18)22/h3-8,10,14H,1-2,9,11-12H2,(H,23,25). The molecule has 1 aliphatic rings. The molecule has 0 saturated carbocycles. The third-order valence-electron chi connectivity index (χ3n) is 4.38. The van der Waals surface area contributed by atoms with Gasteiger partial charge in [-0.25, -0.2) is 8.78 Å². The number of carbonyl (C=O) groups is 1. The lowest BCUT2D eigenvalue weighted by molar-refractivity contribution is -0.121. The van der Waals surface area contributed by atoms with Gasteiger partial charge in [0.25, 0.3) is 0 Å². The number of piperidine rings is 1. The maximum Gasteiger partial charge on any atom is 0.228 e. The molecule has 1 heterocycles. The molecule has 1 saturated heterocycles. The SMILES string of the molecule is O=C(Nc1ccc(F)cc1F)C1CCCN(Cc2ccc(Cl)cc2)C1. The number of nitrogens with zero attached hydrogens (tertiary/aromatic N) is 1. The van der Waals surface area contributed by atoms with E-state index >= 15 is 0 Å². The molecule has 2 aromatic rings. The average Bonchev–Trinajstić information content (AvgIpc) is 2.60. The molecule has 1 fully saturated rings. The van der Waals surface area contributed by atoms with E-state index in [0.29, 0.717) is 11.6 Å². The molecular weight excluding hydrogens is 346 g/mol. The number of amides is 1. The number of likely N-dealkylation sites (tertiary alicyclic amines) is 1. The second-order valence-corrected chi connectivity index (χ2v) is 6.75. The van der Waals surface area contributed by atoms with E-state index in [2.05, 4.69) is 10.2 Å². The summed E-state index contributed by atoms with van der Waals surface area (Å²) in [6.45, 7) is 2.26. The summed E-state index contributed by atoms with van der Waals surface area (Å²) < 4.78 is 26.7. The van der Waals surface area contributed by atoms with Crippen LogP contribution in [0.5, 0.6) is 0 Å². The Bertz CT molecular complexity index is 752. The lowest BCUT2D eigenvalue weighted by Crippen LogP contribution is -2.40. The highest BCUT2D eigenvalue weighted by Gasteiger charge is 2.26. The monoisotopic (exact) mass is 364 g/mol. The van der Waals surface area contributed by atoms with Crippen LogP contribution >= 0.6 is 11.6 Å². The van der Waals surface area contributed by atoms with Crippen molar-refractivity contribution in [1.29, 1.82) is 0 Å². The second-order valence-electron chi connectivity index (χ2n) is 6.31. The van der Waals surface area contributed by atoms with Crippen molar-refractivity contribution in [2.24, 2.45) is 5.92 Å². The molecule has 25 heavy (non-hydrogen) atoms. The van der Waals surface area contributed by atoms with Gasteiger partial charge in [-0.1, -0.05) is 23.7 Å². The zero-order valence-electron chi connectivity index (χ0n) is 13.6. The normalized spacial score (nSPS) is 18.1. The maximum absolute atomic E-state index is 13.7. The molecule has 1 N–H and O–H groups in total. The van der Waals surface area contributed by atoms with Gasteiger partial charge in [0, 0.05) is 24.2 Å². The lowest BCUT2D eigenvalue weighted by atomic mass is 9.96. The molecular formula is C19H19ClF2N2O. The zero-order valence-corrected chi connectivity index (χ0v) is 14.4. The molecule has 1 unspecified atom stereocenters. The van der Waals surface area contributed by atoms with E-state index in [1.54, 1.807) is 0 Å². The summed E-state index contributed by atoms with van der Waals surface area (Å²) in [6.07, 6.45) is 1.66. The van der Waals surface area contributed by atoms with Crippen LogP contribution in [-0.2, 0) is 11.3 Å². The third kappa shape index (κ3) is 4.77. The summed E-state index contributed by atoms with van der Waals surface area (Å²) in [6, 6.07) is 10.8. The van der Waals surface area contributed by atoms with E-state index in [1.165, 1.54) is 6.07 Å². The van der Waals surface area contributed by atoms with Crippen LogP contribution in [0.2, 0.25) is 5.02 Å². The first-order valence-electron chi connectivity index (χ1n) is 8.24. The largest absolute Gasteiger partial charge is 0.323 e. The van der Waals surface area contributed by atoms with E-state index < -0.39 is 11.6 Å². The predicted octanol–water partition coefficient (Wildman–Crippen LogP) is 4.47. The van der Waals surface area contributed by atoms with Crippen LogP contribution in [0.4, 0.5) is 14.5 Å². The summed E-state index contributed by atoms with van der Waals surface area (Å²) in [7, 11) is 0. The zero-order chi connectivity index (χ0) is 17.8. The Morgan fingerprint density at radius 2 is 1.96 bits per heavy atom. The topological polar surface area (TPSA) is 32.3 Å². The minimum atomic E-state index is -0.762. The van der Waals surface area contributed by atoms with Crippen molar-refractivity contribution in [3.05, 3.63) is 64.7 Å². The van der Waals surface area contributed by atoms with Crippen LogP contribution in [0.25, 0.3) is 0 Å². The molecule has 1 atom stereocenters. The van der Waals surface area contributed by atoms with Crippen molar-refractivity contribution in [3.8, 4) is 0 Å². The molecule has 0 aromatic heterocycles. The molecule has 0 spiro atoms. The highest BCUT2D eigenvalue weighted by molar-refractivity contribution is 6.30. The fourth-order valence-electron chi connectivity index (χ4n) is 3.09. The Kier molecular flexibility index (Phi) is 5.66. The first kappa shape index (κ1) is 17.8. The van der Waals surface area contributed by atoms with Crippen LogP contribution < -0.4 is 5.32 Å². The molecule has 2 aromatic carbocycles. The number of rotatable bonds is 4. The minimum absolute atomic E-state index is 0.0150. The van der Waals surface area contributed by atoms with Crippen LogP contribution in [0.1, 0.15) is 18.4 Å². The molecule has 6 heteroatoms. The first-order valence-corrected chi connectivity index (χ1v) is 8.62. The fourth-order valence-corrected chi connectivity index (χ4v) is 3.21. The van der Waals surface area contributed by atoms with Crippen molar-refractivity contribution in [3.63, 3.8) is 0 Å². The van der Waals surface area contributed by atoms with Gasteiger partial charge in [-0.2, -0.15) is 0 Å². The Balaban J connectivity index is 1.60. The van der Waals surface area contributed by atoms with Gasteiger partial charge >= 0.3 is 0 Å². The number of nitrogens with one attached hydrogen (secondary N) is 1. The summed E-state index contributed by atoms with van der Waals surface area (Å²) in [5.41, 5.74) is 1.15. The van der Waals surface area contributed by atoms with Crippen LogP contribution in [0.3, 0.4) is 0 Å². The van der Waals surface area contributed by atoms with Crippen molar-refractivity contribution in [1.82, 2.24) is 4.90 Å². The highest BCUT2D eigenvalue weighted by atomic mass is 35.5. The Morgan fingerprint density at radius 3 is 2.68 bits per heavy atom. The summed E-state index contributed by atoms with van der Waals surface area (Å²) in [5, 5.41) is 3.27. The number of halogens is 3. The number of anilines is 1. The van der Waals surface area contributed by atoms with E-state index in [0.717, 1.165) is 43.6 Å². The van der Waals surface area contributed by atoms with Crippen LogP contribution in [-0.4, -0.2) is 23.9 Å². The van der Waals surface area contributed by atoms with Gasteiger partial charge in [-0.3, -0.25) is 9.69 Å². The van der Waals surface area contributed by atoms with Crippen molar-refractivity contribution < 1.29 is 13.6 Å². The van der Waals surface area contributed by atoms with Gasteiger partial charge in [0.1, 0.15) is 11.6 Å². The van der Waals surface area contributed by atoms with Gasteiger partial charge in [-0.05, 0) is 49.2 Å². The third-order valence-corrected chi connectivity index (χ3v) is 4.64. The van der Waals surface area contributed by atoms with Crippen molar-refractivity contribution in [2.45, 2.75) is 19.4 Å². The molecule has 0 radical (unpaired) electrons. The van der Waals surface area contributed by atoms with Gasteiger partial charge in [0.2, 0.25) is 5.91 Å². The average molecular weight is 365 g/mol. The molecule has 1 aliphatic heterocycles. The second kappa shape index (κ2) is 7.93. The molecule has 132 valence electrons. The Morgan fingerprint density at radius 1 is 1.20 bits per heavy atom. The summed E-state index contributed by atoms with van der Waals surface area (Å²) >= 11 is 5.90. The van der Waals surface area contributed by atoms with Crippen molar-refractivity contribution >= 4 is 23.2 Å². The van der Waals surface area contributed by atoms with Gasteiger partial charge in [-0.15, -0.1) is 0 Å². The van der Waals surface area contributed by atoms with E-state index in [1.807, 2.05) is 24.3 Å². The number of hydrogen-bond acceptors (Lipinski definition) is 2. The van der Waals surface area contributed by atoms with Crippen LogP contribution in [0, 0.1) is 17.6 Å². The minimum Gasteiger partial charge on any atom is -0.323 e. The van der Waals surface area contributed by atoms with Gasteiger partial charge in [0.15, 0.2) is 0 Å². The van der Waals surface area contributed by atoms with Crippen molar-refractivity contribution in [2.75, 3.05) is 18.4 Å². The quantitative estimate of drug-likeness (QED) is 0.868. The first-order chi connectivity index (χ1) is 12.0. The van der Waals surface area contributed by atoms with E-state index in [-0.39, 0.29) is 17.5 Å². The number of benzene rings is 2. The smallest absolute Gasteiger partial charge is 0.228 e. The molecule has 1 amide bonds. The lowest BCUT2D eigenvalue weighted by Gasteiger charge is -2.32. The summed E-state index contributed by atoms with van der Waals surface area (Å²) in [5.74, 6) is -1.87. The Labute approximate surface area is 150 Å². The van der Waals surface area contributed by atoms with Gasteiger partial charge < -0.3 is 5.32 Å². The van der Waals surface area contributed by atoms with Gasteiger partial charge in [0.05, 0.1) is 11.6 Å². The number of carbonyl (C=O) groups excluding carboxylic acids is 1. The maximum atomic E-state index is 13.7. The summed E-state index contributed by atoms with van der Waals surface area (Å²) in [4.78, 5) is 14.6. The molecule has 0 aliphatic carbocycles. The molecule has 3 nitrogen and oxygen atoms in total. The molecule has 3 rings (SSSR count). The number of hydrogen-bond donors (Lipinski definition) is 1. The fraction of sp³-hybridized carbons (Fsp3) is 0.316. The molecule has 0 bridgehead atoms. The highest BCUT2D eigenvalue weighted by Crippen LogP contribution is 2.22. The van der Waals surface area contributed by atoms with E-state index in [4.69, 9.17) is 11.6 Å².